The first-order chi connectivity index (χ1) is 15.2. The van der Waals surface area contributed by atoms with Crippen LogP contribution in [0.4, 0.5) is 13.2 Å². The van der Waals surface area contributed by atoms with Gasteiger partial charge in [0.2, 0.25) is 5.91 Å². The zero-order valence-corrected chi connectivity index (χ0v) is 18.4. The third-order valence-electron chi connectivity index (χ3n) is 6.11. The second kappa shape index (κ2) is 8.55. The molecule has 1 atom stereocenters. The molecule has 172 valence electrons. The van der Waals surface area contributed by atoms with Gasteiger partial charge in [0.1, 0.15) is 0 Å². The number of piperidine rings is 1. The molecule has 0 aliphatic carbocycles. The first kappa shape index (κ1) is 22.3. The van der Waals surface area contributed by atoms with Crippen molar-refractivity contribution >= 4 is 17.0 Å². The summed E-state index contributed by atoms with van der Waals surface area (Å²) in [5, 5.41) is 7.96. The lowest BCUT2D eigenvalue weighted by Crippen LogP contribution is -2.39. The average molecular weight is 449 g/mol. The van der Waals surface area contributed by atoms with Crippen molar-refractivity contribution in [3.63, 3.8) is 0 Å². The number of amides is 1. The van der Waals surface area contributed by atoms with E-state index in [0.717, 1.165) is 23.9 Å². The number of aromatic nitrogens is 4. The van der Waals surface area contributed by atoms with E-state index in [1.54, 1.807) is 4.90 Å². The summed E-state index contributed by atoms with van der Waals surface area (Å²) in [7, 11) is 0. The molecular weight excluding hydrogens is 423 g/mol. The van der Waals surface area contributed by atoms with Crippen molar-refractivity contribution in [1.82, 2.24) is 24.8 Å². The number of carbonyl (C=O) groups is 1. The Kier molecular flexibility index (Phi) is 5.96. The van der Waals surface area contributed by atoms with E-state index in [0.29, 0.717) is 44.5 Å². The highest BCUT2D eigenvalue weighted by Gasteiger charge is 2.37. The number of alkyl halides is 3. The van der Waals surface area contributed by atoms with Crippen LogP contribution in [0, 0.1) is 13.8 Å². The summed E-state index contributed by atoms with van der Waals surface area (Å²) in [6, 6.07) is 1.09. The maximum absolute atomic E-state index is 13.7. The Bertz CT molecular complexity index is 1130. The minimum Gasteiger partial charge on any atom is -0.342 e. The summed E-state index contributed by atoms with van der Waals surface area (Å²) >= 11 is 0. The molecule has 0 saturated carbocycles. The summed E-state index contributed by atoms with van der Waals surface area (Å²) < 4.78 is 47.9. The van der Waals surface area contributed by atoms with E-state index in [1.807, 2.05) is 24.7 Å². The van der Waals surface area contributed by atoms with Gasteiger partial charge in [-0.15, -0.1) is 0 Å². The lowest BCUT2D eigenvalue weighted by molar-refractivity contribution is -0.136. The van der Waals surface area contributed by atoms with Crippen molar-refractivity contribution in [2.45, 2.75) is 65.1 Å². The van der Waals surface area contributed by atoms with Crippen LogP contribution in [0.25, 0.3) is 11.1 Å². The van der Waals surface area contributed by atoms with Gasteiger partial charge in [0.15, 0.2) is 0 Å². The Morgan fingerprint density at radius 1 is 1.28 bits per heavy atom. The lowest BCUT2D eigenvalue weighted by atomic mass is 9.92. The third-order valence-corrected chi connectivity index (χ3v) is 6.11. The summed E-state index contributed by atoms with van der Waals surface area (Å²) in [5.74, 6) is -0.292. The number of likely N-dealkylation sites (tertiary alicyclic amines) is 1. The number of fused-ring (bicyclic) bond motifs is 1. The molecule has 1 aliphatic heterocycles. The maximum Gasteiger partial charge on any atom is 0.417 e. The smallest absolute Gasteiger partial charge is 0.342 e. The van der Waals surface area contributed by atoms with Crippen LogP contribution in [0.2, 0.25) is 0 Å². The SMILES string of the molecule is CCn1cc(CCC(=O)N2CCCC(c3cc(C(F)(F)F)c4c(C)noc4n3)C2)c(C)n1. The van der Waals surface area contributed by atoms with Crippen molar-refractivity contribution in [1.29, 1.82) is 0 Å². The van der Waals surface area contributed by atoms with Crippen molar-refractivity contribution < 1.29 is 22.5 Å². The molecule has 1 amide bonds. The van der Waals surface area contributed by atoms with Gasteiger partial charge < -0.3 is 9.42 Å². The topological polar surface area (TPSA) is 77.0 Å². The fourth-order valence-electron chi connectivity index (χ4n) is 4.36. The van der Waals surface area contributed by atoms with E-state index < -0.39 is 11.7 Å². The molecule has 10 heteroatoms. The van der Waals surface area contributed by atoms with Crippen molar-refractivity contribution in [3.8, 4) is 0 Å². The number of aryl methyl sites for hydroxylation is 4. The van der Waals surface area contributed by atoms with Crippen LogP contribution in [0.3, 0.4) is 0 Å². The van der Waals surface area contributed by atoms with Gasteiger partial charge in [-0.25, -0.2) is 4.98 Å². The second-order valence-electron chi connectivity index (χ2n) is 8.31. The number of hydrogen-bond donors (Lipinski definition) is 0. The molecule has 0 aromatic carbocycles. The Hall–Kier alpha value is -2.91. The van der Waals surface area contributed by atoms with Gasteiger partial charge in [0.05, 0.1) is 28.0 Å². The van der Waals surface area contributed by atoms with Crippen molar-refractivity contribution in [3.05, 3.63) is 40.5 Å². The van der Waals surface area contributed by atoms with Gasteiger partial charge in [0, 0.05) is 38.2 Å². The predicted molar refractivity (Wildman–Crippen MR) is 111 cm³/mol. The Labute approximate surface area is 183 Å². The van der Waals surface area contributed by atoms with E-state index in [1.165, 1.54) is 6.92 Å². The first-order valence-corrected chi connectivity index (χ1v) is 10.8. The van der Waals surface area contributed by atoms with E-state index >= 15 is 0 Å². The number of nitrogens with zero attached hydrogens (tertiary/aromatic N) is 5. The molecular formula is C22H26F3N5O2. The van der Waals surface area contributed by atoms with Crippen LogP contribution in [-0.4, -0.2) is 43.8 Å². The minimum atomic E-state index is -4.54. The second-order valence-corrected chi connectivity index (χ2v) is 8.31. The number of rotatable bonds is 5. The molecule has 0 bridgehead atoms. The lowest BCUT2D eigenvalue weighted by Gasteiger charge is -2.32. The molecule has 0 N–H and O–H groups in total. The molecule has 1 aliphatic rings. The van der Waals surface area contributed by atoms with Gasteiger partial charge in [-0.3, -0.25) is 9.48 Å². The standard InChI is InChI=1S/C22H26F3N5O2/c1-4-30-12-15(13(2)27-30)7-8-19(31)29-9-5-6-16(11-29)18-10-17(22(23,24)25)20-14(3)28-32-21(20)26-18/h10,12,16H,4-9,11H2,1-3H3. The normalized spacial score (nSPS) is 17.3. The van der Waals surface area contributed by atoms with Crippen LogP contribution in [0.15, 0.2) is 16.8 Å². The maximum atomic E-state index is 13.7. The summed E-state index contributed by atoms with van der Waals surface area (Å²) in [6.07, 6.45) is -0.291. The zero-order chi connectivity index (χ0) is 23.0. The number of halogens is 3. The minimum absolute atomic E-state index is 0.00835. The molecule has 4 heterocycles. The van der Waals surface area contributed by atoms with Gasteiger partial charge in [-0.2, -0.15) is 18.3 Å². The summed E-state index contributed by atoms with van der Waals surface area (Å²) in [5.41, 5.74) is 1.50. The van der Waals surface area contributed by atoms with Gasteiger partial charge in [-0.1, -0.05) is 5.16 Å². The highest BCUT2D eigenvalue weighted by atomic mass is 19.4. The molecule has 1 saturated heterocycles. The van der Waals surface area contributed by atoms with Gasteiger partial charge in [-0.05, 0) is 51.7 Å². The number of hydrogen-bond acceptors (Lipinski definition) is 5. The molecule has 4 rings (SSSR count). The Morgan fingerprint density at radius 2 is 2.06 bits per heavy atom. The third kappa shape index (κ3) is 4.35. The molecule has 3 aromatic rings. The first-order valence-electron chi connectivity index (χ1n) is 10.8. The van der Waals surface area contributed by atoms with Gasteiger partial charge in [0.25, 0.3) is 5.71 Å². The molecule has 7 nitrogen and oxygen atoms in total. The molecule has 0 spiro atoms. The van der Waals surface area contributed by atoms with Crippen molar-refractivity contribution in [2.24, 2.45) is 0 Å². The number of carbonyl (C=O) groups excluding carboxylic acids is 1. The highest BCUT2D eigenvalue weighted by molar-refractivity contribution is 5.81. The zero-order valence-electron chi connectivity index (χ0n) is 18.4. The Morgan fingerprint density at radius 3 is 2.75 bits per heavy atom. The summed E-state index contributed by atoms with van der Waals surface area (Å²) in [6.45, 7) is 7.10. The van der Waals surface area contributed by atoms with E-state index in [4.69, 9.17) is 4.52 Å². The van der Waals surface area contributed by atoms with Crippen LogP contribution in [0.5, 0.6) is 0 Å². The van der Waals surface area contributed by atoms with E-state index in [9.17, 15) is 18.0 Å². The van der Waals surface area contributed by atoms with Crippen LogP contribution in [0.1, 0.15) is 60.3 Å². The van der Waals surface area contributed by atoms with Crippen LogP contribution < -0.4 is 0 Å². The van der Waals surface area contributed by atoms with Crippen LogP contribution in [-0.2, 0) is 23.9 Å². The molecule has 1 unspecified atom stereocenters. The van der Waals surface area contributed by atoms with Gasteiger partial charge >= 0.3 is 6.18 Å². The highest BCUT2D eigenvalue weighted by Crippen LogP contribution is 2.38. The summed E-state index contributed by atoms with van der Waals surface area (Å²) in [4.78, 5) is 18.9. The predicted octanol–water partition coefficient (Wildman–Crippen LogP) is 4.41. The van der Waals surface area contributed by atoms with Crippen LogP contribution >= 0.6 is 0 Å². The van der Waals surface area contributed by atoms with E-state index in [-0.39, 0.29) is 28.6 Å². The monoisotopic (exact) mass is 449 g/mol. The van der Waals surface area contributed by atoms with Crippen molar-refractivity contribution in [2.75, 3.05) is 13.1 Å². The Balaban J connectivity index is 1.50. The molecule has 3 aromatic heterocycles. The molecule has 32 heavy (non-hydrogen) atoms. The average Bonchev–Trinajstić information content (AvgIpc) is 3.32. The molecule has 1 fully saturated rings. The quantitative estimate of drug-likeness (QED) is 0.577. The molecule has 0 radical (unpaired) electrons. The number of pyridine rings is 1. The fourth-order valence-corrected chi connectivity index (χ4v) is 4.36. The fraction of sp³-hybridized carbons (Fsp3) is 0.545. The van der Waals surface area contributed by atoms with E-state index in [2.05, 4.69) is 15.2 Å². The largest absolute Gasteiger partial charge is 0.417 e.